The van der Waals surface area contributed by atoms with Gasteiger partial charge in [0.25, 0.3) is 0 Å². The molecule has 0 atom stereocenters. The molecule has 0 heterocycles. The molecule has 1 aromatic carbocycles. The van der Waals surface area contributed by atoms with Gasteiger partial charge in [-0.1, -0.05) is 29.5 Å². The Morgan fingerprint density at radius 1 is 1.36 bits per heavy atom. The van der Waals surface area contributed by atoms with Gasteiger partial charge in [0.2, 0.25) is 0 Å². The molecule has 0 bridgehead atoms. The molecule has 0 radical (unpaired) electrons. The van der Waals surface area contributed by atoms with Crippen molar-refractivity contribution in [1.82, 2.24) is 0 Å². The summed E-state index contributed by atoms with van der Waals surface area (Å²) in [7, 11) is 0. The number of carbonyl (C=O) groups is 1. The van der Waals surface area contributed by atoms with Crippen LogP contribution in [-0.2, 0) is 9.53 Å². The summed E-state index contributed by atoms with van der Waals surface area (Å²) in [6.45, 7) is 3.55. The van der Waals surface area contributed by atoms with Crippen LogP contribution in [0.2, 0.25) is 0 Å². The predicted molar refractivity (Wildman–Crippen MR) is 54.7 cm³/mol. The van der Waals surface area contributed by atoms with Gasteiger partial charge in [-0.15, -0.1) is 0 Å². The van der Waals surface area contributed by atoms with Gasteiger partial charge in [0, 0.05) is 12.5 Å². The maximum Gasteiger partial charge on any atom is 0.303 e. The Morgan fingerprint density at radius 3 is 2.57 bits per heavy atom. The third-order valence-corrected chi connectivity index (χ3v) is 1.63. The number of esters is 1. The molecule has 0 N–H and O–H groups in total. The number of ether oxygens (including phenoxy) is 1. The quantitative estimate of drug-likeness (QED) is 0.497. The largest absolute Gasteiger partial charge is 0.453 e. The molecule has 0 unspecified atom stereocenters. The molecule has 1 aromatic rings. The van der Waals surface area contributed by atoms with Crippen molar-refractivity contribution in [1.29, 1.82) is 0 Å². The highest BCUT2D eigenvalue weighted by Gasteiger charge is 1.87. The molecule has 0 fully saturated rings. The highest BCUT2D eigenvalue weighted by atomic mass is 16.5. The van der Waals surface area contributed by atoms with E-state index in [0.717, 1.165) is 5.56 Å². The summed E-state index contributed by atoms with van der Waals surface area (Å²) in [6, 6.07) is 7.87. The van der Waals surface area contributed by atoms with Crippen molar-refractivity contribution in [3.8, 4) is 11.8 Å². The molecule has 0 spiro atoms. The number of benzene rings is 1. The van der Waals surface area contributed by atoms with E-state index >= 15 is 0 Å². The lowest BCUT2D eigenvalue weighted by Gasteiger charge is -1.93. The molecule has 2 heteroatoms. The molecule has 0 aliphatic carbocycles. The highest BCUT2D eigenvalue weighted by molar-refractivity contribution is 5.66. The lowest BCUT2D eigenvalue weighted by molar-refractivity contribution is -0.139. The lowest BCUT2D eigenvalue weighted by Crippen LogP contribution is -1.97. The normalized spacial score (nSPS) is 8.71. The Bertz CT molecular complexity index is 366. The summed E-state index contributed by atoms with van der Waals surface area (Å²) in [4.78, 5) is 10.4. The van der Waals surface area contributed by atoms with E-state index in [1.807, 2.05) is 31.2 Å². The molecular weight excluding hydrogens is 176 g/mol. The number of hydrogen-bond acceptors (Lipinski definition) is 2. The van der Waals surface area contributed by atoms with Gasteiger partial charge in [0.05, 0.1) is 0 Å². The van der Waals surface area contributed by atoms with E-state index in [9.17, 15) is 4.79 Å². The van der Waals surface area contributed by atoms with Gasteiger partial charge in [0.15, 0.2) is 6.61 Å². The Balaban J connectivity index is 2.51. The van der Waals surface area contributed by atoms with Crippen molar-refractivity contribution >= 4 is 5.97 Å². The zero-order valence-electron chi connectivity index (χ0n) is 8.33. The molecule has 0 amide bonds. The standard InChI is InChI=1S/C12H12O2/c1-10-5-7-12(8-6-10)4-3-9-14-11(2)13/h5-8H,9H2,1-2H3. The Morgan fingerprint density at radius 2 is 2.00 bits per heavy atom. The Hall–Kier alpha value is -1.75. The van der Waals surface area contributed by atoms with Crippen LogP contribution in [0.4, 0.5) is 0 Å². The summed E-state index contributed by atoms with van der Waals surface area (Å²) in [6.07, 6.45) is 0. The van der Waals surface area contributed by atoms with Gasteiger partial charge in [-0.05, 0) is 19.1 Å². The number of hydrogen-bond donors (Lipinski definition) is 0. The summed E-state index contributed by atoms with van der Waals surface area (Å²) in [5.41, 5.74) is 2.14. The average Bonchev–Trinajstić information content (AvgIpc) is 2.15. The molecule has 72 valence electrons. The number of carbonyl (C=O) groups excluding carboxylic acids is 1. The van der Waals surface area contributed by atoms with E-state index in [0.29, 0.717) is 0 Å². The molecule has 0 saturated heterocycles. The average molecular weight is 188 g/mol. The number of aryl methyl sites for hydroxylation is 1. The third kappa shape index (κ3) is 3.77. The first kappa shape index (κ1) is 10.3. The maximum atomic E-state index is 10.4. The fraction of sp³-hybridized carbons (Fsp3) is 0.250. The van der Waals surface area contributed by atoms with Gasteiger partial charge in [-0.3, -0.25) is 4.79 Å². The fourth-order valence-electron chi connectivity index (χ4n) is 0.913. The first-order valence-corrected chi connectivity index (χ1v) is 4.37. The van der Waals surface area contributed by atoms with E-state index in [-0.39, 0.29) is 12.6 Å². The van der Waals surface area contributed by atoms with Crippen LogP contribution in [0.25, 0.3) is 0 Å². The lowest BCUT2D eigenvalue weighted by atomic mass is 10.2. The van der Waals surface area contributed by atoms with Crippen molar-refractivity contribution in [3.63, 3.8) is 0 Å². The predicted octanol–water partition coefficient (Wildman–Crippen LogP) is 1.91. The van der Waals surface area contributed by atoms with E-state index in [1.54, 1.807) is 0 Å². The second kappa shape index (κ2) is 5.08. The monoisotopic (exact) mass is 188 g/mol. The molecule has 0 saturated carbocycles. The summed E-state index contributed by atoms with van der Waals surface area (Å²) >= 11 is 0. The molecule has 0 aliphatic rings. The molecule has 0 aliphatic heterocycles. The van der Waals surface area contributed by atoms with Crippen LogP contribution in [0.1, 0.15) is 18.1 Å². The SMILES string of the molecule is CC(=O)OCC#Cc1ccc(C)cc1. The molecule has 14 heavy (non-hydrogen) atoms. The van der Waals surface area contributed by atoms with Crippen molar-refractivity contribution < 1.29 is 9.53 Å². The first-order chi connectivity index (χ1) is 6.68. The Kier molecular flexibility index (Phi) is 3.75. The second-order valence-corrected chi connectivity index (χ2v) is 2.95. The summed E-state index contributed by atoms with van der Waals surface area (Å²) < 4.78 is 4.67. The third-order valence-electron chi connectivity index (χ3n) is 1.63. The van der Waals surface area contributed by atoms with Gasteiger partial charge in [-0.2, -0.15) is 0 Å². The van der Waals surface area contributed by atoms with E-state index in [1.165, 1.54) is 12.5 Å². The minimum atomic E-state index is -0.303. The molecule has 1 rings (SSSR count). The van der Waals surface area contributed by atoms with E-state index < -0.39 is 0 Å². The maximum absolute atomic E-state index is 10.4. The molecule has 0 aromatic heterocycles. The minimum absolute atomic E-state index is 0.156. The van der Waals surface area contributed by atoms with Crippen LogP contribution in [0.3, 0.4) is 0 Å². The van der Waals surface area contributed by atoms with Crippen molar-refractivity contribution in [3.05, 3.63) is 35.4 Å². The van der Waals surface area contributed by atoms with Gasteiger partial charge in [-0.25, -0.2) is 0 Å². The van der Waals surface area contributed by atoms with Gasteiger partial charge in [0.1, 0.15) is 0 Å². The van der Waals surface area contributed by atoms with Crippen LogP contribution in [0.15, 0.2) is 24.3 Å². The summed E-state index contributed by atoms with van der Waals surface area (Å²) in [5, 5.41) is 0. The zero-order chi connectivity index (χ0) is 10.4. The molecular formula is C12H12O2. The number of rotatable bonds is 1. The van der Waals surface area contributed by atoms with Crippen LogP contribution >= 0.6 is 0 Å². The van der Waals surface area contributed by atoms with Crippen molar-refractivity contribution in [2.75, 3.05) is 6.61 Å². The van der Waals surface area contributed by atoms with Crippen LogP contribution in [0.5, 0.6) is 0 Å². The topological polar surface area (TPSA) is 26.3 Å². The van der Waals surface area contributed by atoms with Crippen LogP contribution in [-0.4, -0.2) is 12.6 Å². The molecule has 2 nitrogen and oxygen atoms in total. The smallest absolute Gasteiger partial charge is 0.303 e. The van der Waals surface area contributed by atoms with Crippen molar-refractivity contribution in [2.45, 2.75) is 13.8 Å². The van der Waals surface area contributed by atoms with Crippen LogP contribution in [0, 0.1) is 18.8 Å². The first-order valence-electron chi connectivity index (χ1n) is 4.37. The Labute approximate surface area is 83.9 Å². The van der Waals surface area contributed by atoms with Gasteiger partial charge >= 0.3 is 5.97 Å². The highest BCUT2D eigenvalue weighted by Crippen LogP contribution is 2.00. The zero-order valence-corrected chi connectivity index (χ0v) is 8.33. The van der Waals surface area contributed by atoms with Crippen molar-refractivity contribution in [2.24, 2.45) is 0 Å². The second-order valence-electron chi connectivity index (χ2n) is 2.95. The summed E-state index contributed by atoms with van der Waals surface area (Å²) in [5.74, 6) is 5.36. The van der Waals surface area contributed by atoms with Crippen LogP contribution < -0.4 is 0 Å². The fourth-order valence-corrected chi connectivity index (χ4v) is 0.913. The van der Waals surface area contributed by atoms with E-state index in [2.05, 4.69) is 16.6 Å². The van der Waals surface area contributed by atoms with Gasteiger partial charge < -0.3 is 4.74 Å². The minimum Gasteiger partial charge on any atom is -0.453 e. The van der Waals surface area contributed by atoms with E-state index in [4.69, 9.17) is 0 Å².